The molecule has 0 amide bonds. The third-order valence-electron chi connectivity index (χ3n) is 3.76. The SMILES string of the molecule is COc1c(F)cc(-c2cc(C(F)(F)F)nn2NS(=O)(=O)c2ccccc2)cc1F. The molecule has 154 valence electrons. The zero-order chi connectivity index (χ0) is 21.4. The minimum atomic E-state index is -4.93. The van der Waals surface area contributed by atoms with Gasteiger partial charge in [-0.2, -0.15) is 31.2 Å². The van der Waals surface area contributed by atoms with E-state index in [1.54, 1.807) is 6.07 Å². The van der Waals surface area contributed by atoms with Gasteiger partial charge in [0.1, 0.15) is 0 Å². The van der Waals surface area contributed by atoms with E-state index in [1.807, 2.05) is 4.83 Å². The molecule has 0 radical (unpaired) electrons. The molecule has 0 saturated heterocycles. The molecule has 1 heterocycles. The largest absolute Gasteiger partial charge is 0.491 e. The first-order chi connectivity index (χ1) is 13.5. The van der Waals surface area contributed by atoms with Crippen molar-refractivity contribution < 1.29 is 35.1 Å². The van der Waals surface area contributed by atoms with E-state index in [2.05, 4.69) is 9.84 Å². The van der Waals surface area contributed by atoms with E-state index < -0.39 is 45.0 Å². The summed E-state index contributed by atoms with van der Waals surface area (Å²) in [5.41, 5.74) is -2.38. The number of benzene rings is 2. The molecule has 0 spiro atoms. The van der Waals surface area contributed by atoms with Crippen LogP contribution in [0.25, 0.3) is 11.3 Å². The van der Waals surface area contributed by atoms with Gasteiger partial charge in [0.05, 0.1) is 17.7 Å². The van der Waals surface area contributed by atoms with Crippen LogP contribution in [0.2, 0.25) is 0 Å². The zero-order valence-corrected chi connectivity index (χ0v) is 15.4. The highest BCUT2D eigenvalue weighted by molar-refractivity contribution is 7.92. The lowest BCUT2D eigenvalue weighted by Crippen LogP contribution is -2.25. The second-order valence-electron chi connectivity index (χ2n) is 5.71. The predicted octanol–water partition coefficient (Wildman–Crippen LogP) is 3.79. The maximum absolute atomic E-state index is 14.0. The van der Waals surface area contributed by atoms with Crippen molar-refractivity contribution in [3.8, 4) is 17.0 Å². The first kappa shape index (κ1) is 20.6. The summed E-state index contributed by atoms with van der Waals surface area (Å²) < 4.78 is 96.8. The molecular weight excluding hydrogens is 421 g/mol. The Bertz CT molecular complexity index is 1120. The second kappa shape index (κ2) is 7.35. The summed E-state index contributed by atoms with van der Waals surface area (Å²) in [5.74, 6) is -3.11. The van der Waals surface area contributed by atoms with E-state index in [-0.39, 0.29) is 10.5 Å². The molecule has 3 rings (SSSR count). The fourth-order valence-electron chi connectivity index (χ4n) is 2.46. The van der Waals surface area contributed by atoms with Gasteiger partial charge in [0.15, 0.2) is 23.1 Å². The third kappa shape index (κ3) is 4.16. The maximum atomic E-state index is 14.0. The molecule has 0 unspecified atom stereocenters. The van der Waals surface area contributed by atoms with Crippen LogP contribution >= 0.6 is 0 Å². The normalized spacial score (nSPS) is 12.1. The molecule has 6 nitrogen and oxygen atoms in total. The van der Waals surface area contributed by atoms with Gasteiger partial charge >= 0.3 is 6.18 Å². The Morgan fingerprint density at radius 3 is 2.14 bits per heavy atom. The number of halogens is 5. The van der Waals surface area contributed by atoms with Crippen LogP contribution < -0.4 is 9.57 Å². The highest BCUT2D eigenvalue weighted by Gasteiger charge is 2.36. The van der Waals surface area contributed by atoms with Crippen molar-refractivity contribution in [2.75, 3.05) is 11.9 Å². The Morgan fingerprint density at radius 1 is 1.03 bits per heavy atom. The standard InChI is InChI=1S/C17H12F5N3O3S/c1-28-16-12(18)7-10(8-13(16)19)14-9-15(17(20,21)22)23-25(14)24-29(26,27)11-5-3-2-4-6-11/h2-9,24H,1H3. The third-order valence-corrected chi connectivity index (χ3v) is 5.06. The van der Waals surface area contributed by atoms with Crippen LogP contribution in [0.5, 0.6) is 5.75 Å². The average Bonchev–Trinajstić information content (AvgIpc) is 3.06. The lowest BCUT2D eigenvalue weighted by Gasteiger charge is -2.12. The van der Waals surface area contributed by atoms with Crippen LogP contribution in [0.1, 0.15) is 5.69 Å². The number of aromatic nitrogens is 2. The summed E-state index contributed by atoms with van der Waals surface area (Å²) in [7, 11) is -3.32. The summed E-state index contributed by atoms with van der Waals surface area (Å²) in [5, 5.41) is 3.20. The topological polar surface area (TPSA) is 73.2 Å². The van der Waals surface area contributed by atoms with Crippen LogP contribution in [0.4, 0.5) is 22.0 Å². The first-order valence-corrected chi connectivity index (χ1v) is 9.30. The van der Waals surface area contributed by atoms with Gasteiger partial charge in [-0.3, -0.25) is 0 Å². The molecule has 2 aromatic carbocycles. The molecule has 1 N–H and O–H groups in total. The van der Waals surface area contributed by atoms with Crippen LogP contribution in [0, 0.1) is 11.6 Å². The lowest BCUT2D eigenvalue weighted by molar-refractivity contribution is -0.141. The monoisotopic (exact) mass is 433 g/mol. The number of rotatable bonds is 5. The van der Waals surface area contributed by atoms with Crippen molar-refractivity contribution in [2.24, 2.45) is 0 Å². The van der Waals surface area contributed by atoms with E-state index >= 15 is 0 Å². The van der Waals surface area contributed by atoms with Gasteiger partial charge < -0.3 is 4.74 Å². The van der Waals surface area contributed by atoms with E-state index in [1.165, 1.54) is 24.3 Å². The Hall–Kier alpha value is -3.15. The van der Waals surface area contributed by atoms with Crippen LogP contribution in [-0.2, 0) is 16.2 Å². The van der Waals surface area contributed by atoms with Crippen molar-refractivity contribution in [3.05, 3.63) is 65.9 Å². The van der Waals surface area contributed by atoms with Crippen LogP contribution in [0.15, 0.2) is 53.4 Å². The zero-order valence-electron chi connectivity index (χ0n) is 14.5. The van der Waals surface area contributed by atoms with Crippen molar-refractivity contribution >= 4 is 10.0 Å². The quantitative estimate of drug-likeness (QED) is 0.622. The molecule has 0 bridgehead atoms. The van der Waals surface area contributed by atoms with Crippen molar-refractivity contribution in [2.45, 2.75) is 11.1 Å². The molecule has 0 aliphatic carbocycles. The number of hydrogen-bond acceptors (Lipinski definition) is 4. The molecule has 12 heteroatoms. The summed E-state index contributed by atoms with van der Waals surface area (Å²) in [6.45, 7) is 0. The highest BCUT2D eigenvalue weighted by atomic mass is 32.2. The highest BCUT2D eigenvalue weighted by Crippen LogP contribution is 2.34. The Morgan fingerprint density at radius 2 is 1.62 bits per heavy atom. The van der Waals surface area contributed by atoms with Crippen molar-refractivity contribution in [1.82, 2.24) is 9.89 Å². The van der Waals surface area contributed by atoms with Gasteiger partial charge in [-0.15, -0.1) is 5.10 Å². The smallest absolute Gasteiger partial charge is 0.435 e. The van der Waals surface area contributed by atoms with Crippen molar-refractivity contribution in [1.29, 1.82) is 0 Å². The number of sulfonamides is 1. The molecular formula is C17H12F5N3O3S. The van der Waals surface area contributed by atoms with Gasteiger partial charge in [0.25, 0.3) is 10.0 Å². The van der Waals surface area contributed by atoms with E-state index in [0.717, 1.165) is 7.11 Å². The summed E-state index contributed by atoms with van der Waals surface area (Å²) in [6, 6.07) is 8.66. The lowest BCUT2D eigenvalue weighted by atomic mass is 10.1. The predicted molar refractivity (Wildman–Crippen MR) is 92.1 cm³/mol. The molecule has 0 aliphatic rings. The number of methoxy groups -OCH3 is 1. The van der Waals surface area contributed by atoms with Gasteiger partial charge in [-0.05, 0) is 30.3 Å². The van der Waals surface area contributed by atoms with E-state index in [9.17, 15) is 30.4 Å². The molecule has 3 aromatic rings. The molecule has 0 fully saturated rings. The first-order valence-electron chi connectivity index (χ1n) is 7.81. The average molecular weight is 433 g/mol. The number of nitrogens with one attached hydrogen (secondary N) is 1. The molecule has 0 saturated carbocycles. The molecule has 1 aromatic heterocycles. The minimum Gasteiger partial charge on any atom is -0.491 e. The van der Waals surface area contributed by atoms with Crippen molar-refractivity contribution in [3.63, 3.8) is 0 Å². The summed E-state index contributed by atoms with van der Waals surface area (Å²) in [6.07, 6.45) is -4.93. The van der Waals surface area contributed by atoms with E-state index in [0.29, 0.717) is 23.0 Å². The number of hydrogen-bond donors (Lipinski definition) is 1. The molecule has 0 aliphatic heterocycles. The fraction of sp³-hybridized carbons (Fsp3) is 0.118. The second-order valence-corrected chi connectivity index (χ2v) is 7.37. The van der Waals surface area contributed by atoms with E-state index in [4.69, 9.17) is 0 Å². The number of alkyl halides is 3. The van der Waals surface area contributed by atoms with Gasteiger partial charge in [0.2, 0.25) is 0 Å². The van der Waals surface area contributed by atoms with Crippen LogP contribution in [0.3, 0.4) is 0 Å². The molecule has 29 heavy (non-hydrogen) atoms. The van der Waals surface area contributed by atoms with Gasteiger partial charge in [-0.1, -0.05) is 18.2 Å². The summed E-state index contributed by atoms with van der Waals surface area (Å²) in [4.78, 5) is 1.91. The Labute approximate surface area is 161 Å². The number of nitrogens with zero attached hydrogens (tertiary/aromatic N) is 2. The van der Waals surface area contributed by atoms with Gasteiger partial charge in [-0.25, -0.2) is 8.78 Å². The Kier molecular flexibility index (Phi) is 5.22. The molecule has 0 atom stereocenters. The summed E-state index contributed by atoms with van der Waals surface area (Å²) >= 11 is 0. The van der Waals surface area contributed by atoms with Gasteiger partial charge in [0, 0.05) is 5.56 Å². The van der Waals surface area contributed by atoms with Crippen LogP contribution in [-0.4, -0.2) is 25.4 Å². The maximum Gasteiger partial charge on any atom is 0.435 e. The minimum absolute atomic E-state index is 0.248. The fourth-order valence-corrected chi connectivity index (χ4v) is 3.45. The Balaban J connectivity index is 2.14. The number of ether oxygens (including phenoxy) is 1.